The number of hydrogen-bond donors (Lipinski definition) is 0. The van der Waals surface area contributed by atoms with Gasteiger partial charge in [-0.1, -0.05) is 0 Å². The lowest BCUT2D eigenvalue weighted by Crippen LogP contribution is -2.37. The first-order chi connectivity index (χ1) is 5.57. The lowest BCUT2D eigenvalue weighted by atomic mass is 10.3. The molecule has 62 valence electrons. The van der Waals surface area contributed by atoms with Gasteiger partial charge in [0.05, 0.1) is 6.07 Å². The third-order valence-electron chi connectivity index (χ3n) is 1.71. The zero-order valence-electron chi connectivity index (χ0n) is 6.87. The van der Waals surface area contributed by atoms with Crippen LogP contribution in [0.15, 0.2) is 11.6 Å². The lowest BCUT2D eigenvalue weighted by Gasteiger charge is -2.15. The van der Waals surface area contributed by atoms with Crippen molar-refractivity contribution in [2.75, 3.05) is 0 Å². The molecule has 0 bridgehead atoms. The van der Waals surface area contributed by atoms with Gasteiger partial charge in [-0.3, -0.25) is 14.5 Å². The van der Waals surface area contributed by atoms with Crippen molar-refractivity contribution in [2.45, 2.75) is 19.9 Å². The largest absolute Gasteiger partial charge is 0.269 e. The van der Waals surface area contributed by atoms with Gasteiger partial charge in [-0.25, -0.2) is 0 Å². The second kappa shape index (κ2) is 2.78. The molecule has 0 N–H and O–H groups in total. The topological polar surface area (TPSA) is 61.2 Å². The van der Waals surface area contributed by atoms with Crippen molar-refractivity contribution in [3.8, 4) is 6.07 Å². The van der Waals surface area contributed by atoms with E-state index in [4.69, 9.17) is 5.26 Å². The Morgan fingerprint density at radius 1 is 1.58 bits per heavy atom. The fourth-order valence-electron chi connectivity index (χ4n) is 1.03. The molecular weight excluding hydrogens is 156 g/mol. The molecule has 0 saturated carbocycles. The van der Waals surface area contributed by atoms with Crippen LogP contribution in [0.1, 0.15) is 13.8 Å². The first kappa shape index (κ1) is 8.47. The van der Waals surface area contributed by atoms with Gasteiger partial charge >= 0.3 is 0 Å². The van der Waals surface area contributed by atoms with Crippen molar-refractivity contribution in [1.82, 2.24) is 4.90 Å². The molecule has 4 nitrogen and oxygen atoms in total. The standard InChI is InChI=1S/C8H8N2O2/c1-5-3-7(11)10(8(5)12)6(2)4-9/h3,6H,1-2H3. The number of rotatable bonds is 1. The van der Waals surface area contributed by atoms with Gasteiger partial charge in [-0.2, -0.15) is 5.26 Å². The maximum atomic E-state index is 11.2. The van der Waals surface area contributed by atoms with Crippen LogP contribution < -0.4 is 0 Å². The molecule has 4 heteroatoms. The van der Waals surface area contributed by atoms with Crippen molar-refractivity contribution in [3.63, 3.8) is 0 Å². The highest BCUT2D eigenvalue weighted by molar-refractivity contribution is 6.16. The second-order valence-electron chi connectivity index (χ2n) is 2.65. The van der Waals surface area contributed by atoms with Crippen molar-refractivity contribution in [2.24, 2.45) is 0 Å². The van der Waals surface area contributed by atoms with Crippen molar-refractivity contribution >= 4 is 11.8 Å². The Bertz CT molecular complexity index is 312. The zero-order chi connectivity index (χ0) is 9.30. The Kier molecular flexibility index (Phi) is 1.96. The highest BCUT2D eigenvalue weighted by Gasteiger charge is 2.32. The van der Waals surface area contributed by atoms with E-state index >= 15 is 0 Å². The van der Waals surface area contributed by atoms with Crippen LogP contribution in [0, 0.1) is 11.3 Å². The summed E-state index contributed by atoms with van der Waals surface area (Å²) in [7, 11) is 0. The Labute approximate surface area is 70.1 Å². The number of amides is 2. The first-order valence-corrected chi connectivity index (χ1v) is 3.53. The van der Waals surface area contributed by atoms with E-state index in [1.54, 1.807) is 6.92 Å². The molecule has 1 unspecified atom stereocenters. The maximum absolute atomic E-state index is 11.2. The molecule has 2 amide bonds. The Hall–Kier alpha value is -1.63. The monoisotopic (exact) mass is 164 g/mol. The molecule has 0 aromatic carbocycles. The average molecular weight is 164 g/mol. The average Bonchev–Trinajstić information content (AvgIpc) is 2.26. The molecule has 0 spiro atoms. The van der Waals surface area contributed by atoms with Crippen molar-refractivity contribution in [3.05, 3.63) is 11.6 Å². The van der Waals surface area contributed by atoms with Crippen LogP contribution in [0.3, 0.4) is 0 Å². The van der Waals surface area contributed by atoms with Gasteiger partial charge in [0.2, 0.25) is 0 Å². The van der Waals surface area contributed by atoms with Gasteiger partial charge in [0.15, 0.2) is 0 Å². The number of nitriles is 1. The normalized spacial score (nSPS) is 19.1. The number of carbonyl (C=O) groups is 2. The second-order valence-corrected chi connectivity index (χ2v) is 2.65. The van der Waals surface area contributed by atoms with Crippen LogP contribution in [0.4, 0.5) is 0 Å². The smallest absolute Gasteiger partial charge is 0.257 e. The number of hydrogen-bond acceptors (Lipinski definition) is 3. The highest BCUT2D eigenvalue weighted by atomic mass is 16.2. The van der Waals surface area contributed by atoms with Crippen molar-refractivity contribution < 1.29 is 9.59 Å². The third kappa shape index (κ3) is 1.10. The van der Waals surface area contributed by atoms with E-state index < -0.39 is 11.9 Å². The lowest BCUT2D eigenvalue weighted by molar-refractivity contribution is -0.138. The van der Waals surface area contributed by atoms with Crippen LogP contribution in [-0.2, 0) is 9.59 Å². The quantitative estimate of drug-likeness (QED) is 0.520. The van der Waals surface area contributed by atoms with Gasteiger partial charge in [0, 0.05) is 11.6 Å². The molecule has 12 heavy (non-hydrogen) atoms. The van der Waals surface area contributed by atoms with Crippen LogP contribution in [0.2, 0.25) is 0 Å². The summed E-state index contributed by atoms with van der Waals surface area (Å²) in [6.07, 6.45) is 1.25. The number of imide groups is 1. The molecule has 1 aliphatic heterocycles. The molecule has 0 fully saturated rings. The first-order valence-electron chi connectivity index (χ1n) is 3.53. The number of nitrogens with zero attached hydrogens (tertiary/aromatic N) is 2. The summed E-state index contributed by atoms with van der Waals surface area (Å²) < 4.78 is 0. The number of carbonyl (C=O) groups excluding carboxylic acids is 2. The third-order valence-corrected chi connectivity index (χ3v) is 1.71. The summed E-state index contributed by atoms with van der Waals surface area (Å²) in [6, 6.07) is 1.16. The van der Waals surface area contributed by atoms with Crippen LogP contribution in [-0.4, -0.2) is 22.8 Å². The minimum absolute atomic E-state index is 0.367. The van der Waals surface area contributed by atoms with Crippen LogP contribution in [0.25, 0.3) is 0 Å². The molecule has 1 atom stereocenters. The summed E-state index contributed by atoms with van der Waals surface area (Å²) in [5.74, 6) is -0.763. The molecule has 0 aromatic heterocycles. The molecule has 1 rings (SSSR count). The molecule has 1 heterocycles. The maximum Gasteiger partial charge on any atom is 0.257 e. The zero-order valence-corrected chi connectivity index (χ0v) is 6.87. The SMILES string of the molecule is CC1=CC(=O)N(C(C)C#N)C1=O. The summed E-state index contributed by atoms with van der Waals surface area (Å²) in [5, 5.41) is 8.50. The Morgan fingerprint density at radius 2 is 2.17 bits per heavy atom. The summed E-state index contributed by atoms with van der Waals surface area (Å²) in [5.41, 5.74) is 0.391. The minimum atomic E-state index is -0.682. The van der Waals surface area contributed by atoms with Gasteiger partial charge in [0.25, 0.3) is 11.8 Å². The Morgan fingerprint density at radius 3 is 2.50 bits per heavy atom. The predicted octanol–water partition coefficient (Wildman–Crippen LogP) is 0.214. The fourth-order valence-corrected chi connectivity index (χ4v) is 1.03. The molecular formula is C8H8N2O2. The van der Waals surface area contributed by atoms with E-state index in [2.05, 4.69) is 0 Å². The van der Waals surface area contributed by atoms with E-state index in [0.29, 0.717) is 5.57 Å². The van der Waals surface area contributed by atoms with Crippen molar-refractivity contribution in [1.29, 1.82) is 5.26 Å². The molecule has 0 aromatic rings. The fraction of sp³-hybridized carbons (Fsp3) is 0.375. The molecule has 0 aliphatic carbocycles. The van der Waals surface area contributed by atoms with E-state index in [9.17, 15) is 9.59 Å². The summed E-state index contributed by atoms with van der Waals surface area (Å²) in [4.78, 5) is 23.2. The minimum Gasteiger partial charge on any atom is -0.269 e. The van der Waals surface area contributed by atoms with Gasteiger partial charge < -0.3 is 0 Å². The van der Waals surface area contributed by atoms with Crippen LogP contribution in [0.5, 0.6) is 0 Å². The summed E-state index contributed by atoms with van der Waals surface area (Å²) in [6.45, 7) is 3.08. The van der Waals surface area contributed by atoms with Crippen LogP contribution >= 0.6 is 0 Å². The molecule has 0 radical (unpaired) electrons. The highest BCUT2D eigenvalue weighted by Crippen LogP contribution is 2.14. The van der Waals surface area contributed by atoms with E-state index in [0.717, 1.165) is 4.90 Å². The summed E-state index contributed by atoms with van der Waals surface area (Å²) >= 11 is 0. The van der Waals surface area contributed by atoms with E-state index in [1.807, 2.05) is 6.07 Å². The van der Waals surface area contributed by atoms with E-state index in [-0.39, 0.29) is 5.91 Å². The Balaban J connectivity index is 2.93. The van der Waals surface area contributed by atoms with E-state index in [1.165, 1.54) is 13.0 Å². The van der Waals surface area contributed by atoms with Gasteiger partial charge in [-0.05, 0) is 13.8 Å². The van der Waals surface area contributed by atoms with Gasteiger partial charge in [-0.15, -0.1) is 0 Å². The molecule has 1 aliphatic rings. The van der Waals surface area contributed by atoms with Gasteiger partial charge in [0.1, 0.15) is 6.04 Å². The predicted molar refractivity (Wildman–Crippen MR) is 40.7 cm³/mol. The molecule has 0 saturated heterocycles.